The molecule has 1 aliphatic rings. The van der Waals surface area contributed by atoms with E-state index in [9.17, 15) is 12.8 Å². The molecule has 3 heterocycles. The maximum atomic E-state index is 13.4. The molecule has 0 aliphatic carbocycles. The molecule has 0 radical (unpaired) electrons. The first-order valence-electron chi connectivity index (χ1n) is 12.0. The van der Waals surface area contributed by atoms with Gasteiger partial charge in [-0.1, -0.05) is 13.8 Å². The van der Waals surface area contributed by atoms with Gasteiger partial charge in [0.15, 0.2) is 4.21 Å². The Morgan fingerprint density at radius 2 is 1.86 bits per heavy atom. The van der Waals surface area contributed by atoms with Crippen molar-refractivity contribution in [2.75, 3.05) is 26.2 Å². The number of piperazine rings is 1. The zero-order chi connectivity index (χ0) is 25.6. The third kappa shape index (κ3) is 4.70. The van der Waals surface area contributed by atoms with Gasteiger partial charge in [-0.15, -0.1) is 11.3 Å². The molecule has 4 aromatic rings. The van der Waals surface area contributed by atoms with Crippen LogP contribution in [-0.4, -0.2) is 58.6 Å². The molecule has 5 rings (SSSR count). The van der Waals surface area contributed by atoms with Crippen LogP contribution in [-0.2, 0) is 10.0 Å². The van der Waals surface area contributed by atoms with Crippen molar-refractivity contribution in [1.29, 1.82) is 0 Å². The van der Waals surface area contributed by atoms with E-state index in [0.29, 0.717) is 29.8 Å². The molecular formula is C26H30FN5O2S2. The van der Waals surface area contributed by atoms with Crippen LogP contribution in [0.1, 0.15) is 36.0 Å². The van der Waals surface area contributed by atoms with E-state index >= 15 is 0 Å². The van der Waals surface area contributed by atoms with Gasteiger partial charge >= 0.3 is 0 Å². The molecule has 0 N–H and O–H groups in total. The Bertz CT molecular complexity index is 1490. The van der Waals surface area contributed by atoms with Gasteiger partial charge in [-0.3, -0.25) is 4.90 Å². The number of hydrogen-bond donors (Lipinski definition) is 0. The van der Waals surface area contributed by atoms with Crippen LogP contribution in [0.4, 0.5) is 4.39 Å². The van der Waals surface area contributed by atoms with Gasteiger partial charge in [-0.2, -0.15) is 9.40 Å². The fourth-order valence-electron chi connectivity index (χ4n) is 4.93. The highest BCUT2D eigenvalue weighted by molar-refractivity contribution is 7.91. The Morgan fingerprint density at radius 3 is 2.53 bits per heavy atom. The van der Waals surface area contributed by atoms with E-state index in [2.05, 4.69) is 47.9 Å². The van der Waals surface area contributed by atoms with Gasteiger partial charge < -0.3 is 0 Å². The van der Waals surface area contributed by atoms with Gasteiger partial charge in [-0.25, -0.2) is 22.5 Å². The number of fused-ring (bicyclic) bond motifs is 1. The van der Waals surface area contributed by atoms with Gasteiger partial charge in [0.2, 0.25) is 0 Å². The summed E-state index contributed by atoms with van der Waals surface area (Å²) >= 11 is 1.21. The number of benzene rings is 2. The number of aryl methyl sites for hydroxylation is 2. The fourth-order valence-corrected chi connectivity index (χ4v) is 7.63. The van der Waals surface area contributed by atoms with Crippen molar-refractivity contribution >= 4 is 32.3 Å². The zero-order valence-corrected chi connectivity index (χ0v) is 22.5. The van der Waals surface area contributed by atoms with E-state index < -0.39 is 10.0 Å². The molecule has 1 aliphatic heterocycles. The summed E-state index contributed by atoms with van der Waals surface area (Å²) in [5, 5.41) is 6.25. The van der Waals surface area contributed by atoms with Crippen LogP contribution in [0.5, 0.6) is 0 Å². The zero-order valence-electron chi connectivity index (χ0n) is 20.8. The molecule has 0 unspecified atom stereocenters. The molecule has 0 spiro atoms. The summed E-state index contributed by atoms with van der Waals surface area (Å²) < 4.78 is 44.0. The number of halogens is 1. The molecule has 36 heavy (non-hydrogen) atoms. The van der Waals surface area contributed by atoms with Crippen molar-refractivity contribution < 1.29 is 12.8 Å². The summed E-state index contributed by atoms with van der Waals surface area (Å²) in [6, 6.07) is 10.4. The van der Waals surface area contributed by atoms with E-state index in [1.54, 1.807) is 21.1 Å². The van der Waals surface area contributed by atoms with Crippen LogP contribution in [0.25, 0.3) is 16.6 Å². The largest absolute Gasteiger partial charge is 0.293 e. The molecule has 2 aromatic heterocycles. The highest BCUT2D eigenvalue weighted by Crippen LogP contribution is 2.34. The smallest absolute Gasteiger partial charge is 0.254 e. The minimum absolute atomic E-state index is 0.0801. The van der Waals surface area contributed by atoms with Crippen molar-refractivity contribution in [2.45, 2.75) is 37.9 Å². The predicted molar refractivity (Wildman–Crippen MR) is 141 cm³/mol. The molecule has 0 saturated carbocycles. The summed E-state index contributed by atoms with van der Waals surface area (Å²) in [5.41, 5.74) is 3.88. The number of hydrogen-bond acceptors (Lipinski definition) is 6. The van der Waals surface area contributed by atoms with E-state index in [1.165, 1.54) is 29.7 Å². The quantitative estimate of drug-likeness (QED) is 0.355. The van der Waals surface area contributed by atoms with Gasteiger partial charge in [0.25, 0.3) is 10.0 Å². The number of sulfonamides is 1. The Morgan fingerprint density at radius 1 is 1.11 bits per heavy atom. The third-order valence-corrected chi connectivity index (χ3v) is 9.85. The standard InChI is InChI=1S/C26H30FN5O2S2/c1-17(2)15-30-9-10-31(36(33,34)26-14-28-19(4)35-26)16-25(30)23-12-20-13-29-32(24(20)11-18(23)3)22-7-5-21(27)6-8-22/h5-8,11-14,17,25H,9-10,15-16H2,1-4H3/t25-/m1/s1. The minimum Gasteiger partial charge on any atom is -0.293 e. The normalized spacial score (nSPS) is 17.9. The van der Waals surface area contributed by atoms with Crippen LogP contribution < -0.4 is 0 Å². The van der Waals surface area contributed by atoms with E-state index in [1.807, 2.05) is 13.1 Å². The minimum atomic E-state index is -3.61. The summed E-state index contributed by atoms with van der Waals surface area (Å²) in [7, 11) is -3.61. The number of aromatic nitrogens is 3. The van der Waals surface area contributed by atoms with Crippen LogP contribution in [0, 0.1) is 25.6 Å². The first-order chi connectivity index (χ1) is 17.1. The Hall–Kier alpha value is -2.66. The molecule has 10 heteroatoms. The monoisotopic (exact) mass is 527 g/mol. The van der Waals surface area contributed by atoms with E-state index in [-0.39, 0.29) is 11.9 Å². The summed E-state index contributed by atoms with van der Waals surface area (Å²) in [6.07, 6.45) is 3.28. The summed E-state index contributed by atoms with van der Waals surface area (Å²) in [4.78, 5) is 6.56. The lowest BCUT2D eigenvalue weighted by Crippen LogP contribution is -2.51. The van der Waals surface area contributed by atoms with Crippen LogP contribution in [0.15, 0.2) is 53.0 Å². The molecule has 1 fully saturated rings. The van der Waals surface area contributed by atoms with E-state index in [4.69, 9.17) is 0 Å². The van der Waals surface area contributed by atoms with Gasteiger partial charge in [0, 0.05) is 37.6 Å². The predicted octanol–water partition coefficient (Wildman–Crippen LogP) is 4.94. The Balaban J connectivity index is 1.53. The molecule has 7 nitrogen and oxygen atoms in total. The molecule has 1 atom stereocenters. The molecule has 0 bridgehead atoms. The molecule has 1 saturated heterocycles. The maximum Gasteiger partial charge on any atom is 0.254 e. The first kappa shape index (κ1) is 25.0. The van der Waals surface area contributed by atoms with Gasteiger partial charge in [0.1, 0.15) is 5.82 Å². The van der Waals surface area contributed by atoms with Crippen LogP contribution >= 0.6 is 11.3 Å². The highest BCUT2D eigenvalue weighted by atomic mass is 32.2. The second-order valence-electron chi connectivity index (χ2n) is 9.77. The van der Waals surface area contributed by atoms with Crippen molar-refractivity contribution in [3.05, 3.63) is 70.7 Å². The molecular weight excluding hydrogens is 497 g/mol. The Kier molecular flexibility index (Phi) is 6.71. The van der Waals surface area contributed by atoms with Crippen molar-refractivity contribution in [2.24, 2.45) is 5.92 Å². The summed E-state index contributed by atoms with van der Waals surface area (Å²) in [5.74, 6) is 0.161. The molecule has 2 aromatic carbocycles. The van der Waals surface area contributed by atoms with Crippen molar-refractivity contribution in [3.63, 3.8) is 0 Å². The SMILES string of the molecule is Cc1ncc(S(=O)(=O)N2CCN(CC(C)C)[C@@H](c3cc4cnn(-c5ccc(F)cc5)c4cc3C)C2)s1. The highest BCUT2D eigenvalue weighted by Gasteiger charge is 2.36. The molecule has 190 valence electrons. The lowest BCUT2D eigenvalue weighted by molar-refractivity contribution is 0.105. The van der Waals surface area contributed by atoms with Crippen molar-refractivity contribution in [3.8, 4) is 5.69 Å². The summed E-state index contributed by atoms with van der Waals surface area (Å²) in [6.45, 7) is 10.6. The number of rotatable bonds is 6. The Labute approximate surface area is 215 Å². The lowest BCUT2D eigenvalue weighted by atomic mass is 9.96. The lowest BCUT2D eigenvalue weighted by Gasteiger charge is -2.42. The average molecular weight is 528 g/mol. The van der Waals surface area contributed by atoms with Crippen molar-refractivity contribution in [1.82, 2.24) is 24.0 Å². The number of nitrogens with zero attached hydrogens (tertiary/aromatic N) is 5. The number of thiazole rings is 1. The van der Waals surface area contributed by atoms with Crippen LogP contribution in [0.2, 0.25) is 0 Å². The average Bonchev–Trinajstić information content (AvgIpc) is 3.45. The molecule has 0 amide bonds. The topological polar surface area (TPSA) is 71.3 Å². The maximum absolute atomic E-state index is 13.4. The van der Waals surface area contributed by atoms with E-state index in [0.717, 1.165) is 39.3 Å². The third-order valence-electron chi connectivity index (χ3n) is 6.63. The first-order valence-corrected chi connectivity index (χ1v) is 14.3. The second kappa shape index (κ2) is 9.66. The van der Waals surface area contributed by atoms with Gasteiger partial charge in [-0.05, 0) is 67.3 Å². The van der Waals surface area contributed by atoms with Gasteiger partial charge in [0.05, 0.1) is 28.6 Å². The fraction of sp³-hybridized carbons (Fsp3) is 0.385. The second-order valence-corrected chi connectivity index (χ2v) is 13.2. The van der Waals surface area contributed by atoms with Crippen LogP contribution in [0.3, 0.4) is 0 Å².